The second kappa shape index (κ2) is 7.06. The molecule has 122 valence electrons. The Balaban J connectivity index is 1.79. The van der Waals surface area contributed by atoms with Crippen molar-refractivity contribution in [2.75, 3.05) is 38.7 Å². The smallest absolute Gasteiger partial charge is 0.132 e. The molecule has 2 aromatic rings. The van der Waals surface area contributed by atoms with E-state index in [1.807, 2.05) is 13.0 Å². The Morgan fingerprint density at radius 3 is 2.78 bits per heavy atom. The van der Waals surface area contributed by atoms with Gasteiger partial charge in [-0.25, -0.2) is 9.97 Å². The second-order valence-electron chi connectivity index (χ2n) is 6.16. The van der Waals surface area contributed by atoms with Crippen LogP contribution in [0.1, 0.15) is 23.2 Å². The first-order valence-electron chi connectivity index (χ1n) is 8.02. The first kappa shape index (κ1) is 15.9. The van der Waals surface area contributed by atoms with Gasteiger partial charge in [0.25, 0.3) is 0 Å². The molecule has 0 spiro atoms. The maximum atomic E-state index is 5.89. The molecule has 5 heteroatoms. The molecule has 5 nitrogen and oxygen atoms in total. The summed E-state index contributed by atoms with van der Waals surface area (Å²) in [5, 5.41) is 0. The van der Waals surface area contributed by atoms with E-state index in [9.17, 15) is 0 Å². The number of anilines is 1. The Kier molecular flexibility index (Phi) is 4.88. The van der Waals surface area contributed by atoms with Gasteiger partial charge in [0.05, 0.1) is 12.3 Å². The van der Waals surface area contributed by atoms with E-state index < -0.39 is 0 Å². The highest BCUT2D eigenvalue weighted by Crippen LogP contribution is 2.23. The Bertz CT molecular complexity index is 647. The summed E-state index contributed by atoms with van der Waals surface area (Å²) in [5.74, 6) is 1.72. The predicted molar refractivity (Wildman–Crippen MR) is 91.5 cm³/mol. The Labute approximate surface area is 137 Å². The number of likely N-dealkylation sites (N-methyl/N-ethyl adjacent to an activating group) is 1. The van der Waals surface area contributed by atoms with Crippen molar-refractivity contribution in [3.8, 4) is 0 Å². The number of nitrogens with zero attached hydrogens (tertiary/aromatic N) is 4. The highest BCUT2D eigenvalue weighted by Gasteiger charge is 2.22. The number of aryl methyl sites for hydroxylation is 1. The van der Waals surface area contributed by atoms with Crippen LogP contribution in [0.3, 0.4) is 0 Å². The third kappa shape index (κ3) is 4.06. The summed E-state index contributed by atoms with van der Waals surface area (Å²) in [4.78, 5) is 13.6. The minimum Gasteiger partial charge on any atom is -0.369 e. The van der Waals surface area contributed by atoms with Crippen molar-refractivity contribution in [3.63, 3.8) is 0 Å². The van der Waals surface area contributed by atoms with Crippen LogP contribution in [0.5, 0.6) is 0 Å². The van der Waals surface area contributed by atoms with Gasteiger partial charge in [-0.3, -0.25) is 0 Å². The van der Waals surface area contributed by atoms with E-state index in [4.69, 9.17) is 4.74 Å². The van der Waals surface area contributed by atoms with E-state index in [1.165, 1.54) is 5.56 Å². The van der Waals surface area contributed by atoms with Gasteiger partial charge in [-0.05, 0) is 19.5 Å². The van der Waals surface area contributed by atoms with Crippen molar-refractivity contribution in [2.45, 2.75) is 19.6 Å². The molecule has 0 amide bonds. The fraction of sp³-hybridized carbons (Fsp3) is 0.444. The number of ether oxygens (including phenoxy) is 1. The average Bonchev–Trinajstić information content (AvgIpc) is 2.55. The molecule has 0 unspecified atom stereocenters. The van der Waals surface area contributed by atoms with Crippen molar-refractivity contribution >= 4 is 5.82 Å². The zero-order chi connectivity index (χ0) is 16.2. The van der Waals surface area contributed by atoms with Crippen LogP contribution in [0.2, 0.25) is 0 Å². The van der Waals surface area contributed by atoms with Crippen LogP contribution in [0.25, 0.3) is 0 Å². The predicted octanol–water partition coefficient (Wildman–Crippen LogP) is 2.42. The summed E-state index contributed by atoms with van der Waals surface area (Å²) < 4.78 is 5.89. The first-order chi connectivity index (χ1) is 11.1. The summed E-state index contributed by atoms with van der Waals surface area (Å²) in [5.41, 5.74) is 2.24. The fourth-order valence-corrected chi connectivity index (χ4v) is 2.83. The van der Waals surface area contributed by atoms with Crippen LogP contribution >= 0.6 is 0 Å². The van der Waals surface area contributed by atoms with Gasteiger partial charge < -0.3 is 14.5 Å². The molecule has 1 saturated heterocycles. The van der Waals surface area contributed by atoms with Crippen molar-refractivity contribution < 1.29 is 4.74 Å². The SMILES string of the molecule is Cc1nc([C@@H]2CN(C)CCO2)cc(N(C)Cc2ccccc2)n1. The van der Waals surface area contributed by atoms with Gasteiger partial charge in [-0.2, -0.15) is 0 Å². The standard InChI is InChI=1S/C18H24N4O/c1-14-19-16(17-13-21(2)9-10-23-17)11-18(20-14)22(3)12-15-7-5-4-6-8-15/h4-8,11,17H,9-10,12-13H2,1-3H3/t17-/m0/s1. The first-order valence-corrected chi connectivity index (χ1v) is 8.02. The molecule has 0 bridgehead atoms. The average molecular weight is 312 g/mol. The molecule has 1 fully saturated rings. The molecule has 3 rings (SSSR count). The van der Waals surface area contributed by atoms with Crippen molar-refractivity contribution in [3.05, 3.63) is 53.5 Å². The summed E-state index contributed by atoms with van der Waals surface area (Å²) in [7, 11) is 4.18. The number of aromatic nitrogens is 2. The summed E-state index contributed by atoms with van der Waals surface area (Å²) in [6.07, 6.45) is 0.0272. The lowest BCUT2D eigenvalue weighted by Gasteiger charge is -2.30. The van der Waals surface area contributed by atoms with E-state index in [2.05, 4.69) is 64.2 Å². The lowest BCUT2D eigenvalue weighted by Crippen LogP contribution is -2.35. The molecule has 23 heavy (non-hydrogen) atoms. The number of benzene rings is 1. The minimum atomic E-state index is 0.0272. The lowest BCUT2D eigenvalue weighted by molar-refractivity contribution is -0.0232. The molecule has 2 heterocycles. The quantitative estimate of drug-likeness (QED) is 0.867. The van der Waals surface area contributed by atoms with Gasteiger partial charge in [0.15, 0.2) is 0 Å². The van der Waals surface area contributed by atoms with Crippen molar-refractivity contribution in [1.29, 1.82) is 0 Å². The summed E-state index contributed by atoms with van der Waals surface area (Å²) >= 11 is 0. The zero-order valence-corrected chi connectivity index (χ0v) is 14.1. The van der Waals surface area contributed by atoms with Gasteiger partial charge in [0.2, 0.25) is 0 Å². The number of rotatable bonds is 4. The third-order valence-electron chi connectivity index (χ3n) is 4.10. The summed E-state index contributed by atoms with van der Waals surface area (Å²) in [6, 6.07) is 12.5. The normalized spacial score (nSPS) is 18.8. The minimum absolute atomic E-state index is 0.0272. The maximum absolute atomic E-state index is 5.89. The molecule has 0 aliphatic carbocycles. The van der Waals surface area contributed by atoms with E-state index in [0.717, 1.165) is 43.6 Å². The van der Waals surface area contributed by atoms with Crippen molar-refractivity contribution in [1.82, 2.24) is 14.9 Å². The number of morpholine rings is 1. The van der Waals surface area contributed by atoms with Crippen LogP contribution < -0.4 is 4.90 Å². The van der Waals surface area contributed by atoms with Crippen LogP contribution in [0.15, 0.2) is 36.4 Å². The fourth-order valence-electron chi connectivity index (χ4n) is 2.83. The zero-order valence-electron chi connectivity index (χ0n) is 14.1. The topological polar surface area (TPSA) is 41.5 Å². The highest BCUT2D eigenvalue weighted by molar-refractivity contribution is 5.40. The molecule has 0 radical (unpaired) electrons. The molecule has 0 N–H and O–H groups in total. The van der Waals surface area contributed by atoms with Crippen LogP contribution in [-0.4, -0.2) is 48.7 Å². The van der Waals surface area contributed by atoms with Crippen LogP contribution in [0, 0.1) is 6.92 Å². The van der Waals surface area contributed by atoms with E-state index in [-0.39, 0.29) is 6.10 Å². The van der Waals surface area contributed by atoms with Gasteiger partial charge in [-0.15, -0.1) is 0 Å². The molecular weight excluding hydrogens is 288 g/mol. The van der Waals surface area contributed by atoms with Crippen LogP contribution in [0.4, 0.5) is 5.82 Å². The van der Waals surface area contributed by atoms with E-state index >= 15 is 0 Å². The molecular formula is C18H24N4O. The molecule has 1 aromatic heterocycles. The van der Waals surface area contributed by atoms with Crippen molar-refractivity contribution in [2.24, 2.45) is 0 Å². The molecule has 1 atom stereocenters. The second-order valence-corrected chi connectivity index (χ2v) is 6.16. The van der Waals surface area contributed by atoms with Gasteiger partial charge in [-0.1, -0.05) is 30.3 Å². The maximum Gasteiger partial charge on any atom is 0.132 e. The Morgan fingerprint density at radius 1 is 1.26 bits per heavy atom. The molecule has 1 aliphatic heterocycles. The van der Waals surface area contributed by atoms with Gasteiger partial charge in [0.1, 0.15) is 17.7 Å². The van der Waals surface area contributed by atoms with Crippen LogP contribution in [-0.2, 0) is 11.3 Å². The molecule has 1 aromatic carbocycles. The largest absolute Gasteiger partial charge is 0.369 e. The Morgan fingerprint density at radius 2 is 2.04 bits per heavy atom. The van der Waals surface area contributed by atoms with E-state index in [1.54, 1.807) is 0 Å². The van der Waals surface area contributed by atoms with Gasteiger partial charge >= 0.3 is 0 Å². The third-order valence-corrected chi connectivity index (χ3v) is 4.10. The van der Waals surface area contributed by atoms with E-state index in [0.29, 0.717) is 0 Å². The molecule has 1 aliphatic rings. The number of hydrogen-bond acceptors (Lipinski definition) is 5. The number of hydrogen-bond donors (Lipinski definition) is 0. The van der Waals surface area contributed by atoms with Gasteiger partial charge in [0, 0.05) is 32.7 Å². The monoisotopic (exact) mass is 312 g/mol. The Hall–Kier alpha value is -1.98. The highest BCUT2D eigenvalue weighted by atomic mass is 16.5. The lowest BCUT2D eigenvalue weighted by atomic mass is 10.2. The molecule has 0 saturated carbocycles. The summed E-state index contributed by atoms with van der Waals surface area (Å²) in [6.45, 7) is 5.36.